The van der Waals surface area contributed by atoms with Crippen LogP contribution < -0.4 is 5.32 Å². The first kappa shape index (κ1) is 15.9. The summed E-state index contributed by atoms with van der Waals surface area (Å²) in [6, 6.07) is 6.06. The Balaban J connectivity index is 2.89. The van der Waals surface area contributed by atoms with Gasteiger partial charge in [-0.1, -0.05) is 6.07 Å². The van der Waals surface area contributed by atoms with E-state index in [9.17, 15) is 9.18 Å². The summed E-state index contributed by atoms with van der Waals surface area (Å²) in [5, 5.41) is 11.7. The van der Waals surface area contributed by atoms with Crippen molar-refractivity contribution < 1.29 is 13.9 Å². The summed E-state index contributed by atoms with van der Waals surface area (Å²) in [5.41, 5.74) is 1.04. The number of halogens is 1. The smallest absolute Gasteiger partial charge is 0.262 e. The van der Waals surface area contributed by atoms with Gasteiger partial charge in [0.25, 0.3) is 5.91 Å². The molecule has 0 aliphatic carbocycles. The molecule has 1 aromatic rings. The van der Waals surface area contributed by atoms with E-state index in [1.807, 2.05) is 6.07 Å². The number of benzene rings is 1. The number of carbonyl (C=O) groups excluding carboxylic acids is 1. The lowest BCUT2D eigenvalue weighted by Gasteiger charge is -2.12. The molecule has 1 atom stereocenters. The van der Waals surface area contributed by atoms with Gasteiger partial charge in [-0.25, -0.2) is 4.39 Å². The molecule has 0 spiro atoms. The van der Waals surface area contributed by atoms with Crippen molar-refractivity contribution in [1.29, 1.82) is 5.26 Å². The van der Waals surface area contributed by atoms with Crippen LogP contribution in [-0.2, 0) is 9.53 Å². The van der Waals surface area contributed by atoms with Crippen LogP contribution in [0, 0.1) is 24.1 Å². The van der Waals surface area contributed by atoms with Gasteiger partial charge in [0.15, 0.2) is 0 Å². The lowest BCUT2D eigenvalue weighted by Crippen LogP contribution is -2.36. The van der Waals surface area contributed by atoms with Crippen LogP contribution in [0.3, 0.4) is 0 Å². The molecule has 0 aliphatic heterocycles. The molecule has 0 saturated heterocycles. The summed E-state index contributed by atoms with van der Waals surface area (Å²) in [7, 11) is 1.53. The summed E-state index contributed by atoms with van der Waals surface area (Å²) < 4.78 is 18.1. The fraction of sp³-hybridized carbons (Fsp3) is 0.333. The third kappa shape index (κ3) is 4.48. The highest BCUT2D eigenvalue weighted by Crippen LogP contribution is 2.12. The third-order valence-electron chi connectivity index (χ3n) is 2.65. The van der Waals surface area contributed by atoms with Gasteiger partial charge in [-0.15, -0.1) is 0 Å². The van der Waals surface area contributed by atoms with Gasteiger partial charge in [0.05, 0.1) is 6.61 Å². The first-order valence-electron chi connectivity index (χ1n) is 6.15. The van der Waals surface area contributed by atoms with Gasteiger partial charge < -0.3 is 10.1 Å². The number of ether oxygens (including phenoxy) is 1. The highest BCUT2D eigenvalue weighted by molar-refractivity contribution is 6.01. The van der Waals surface area contributed by atoms with Crippen LogP contribution in [0.1, 0.15) is 18.1 Å². The average Bonchev–Trinajstić information content (AvgIpc) is 2.40. The summed E-state index contributed by atoms with van der Waals surface area (Å²) in [6.45, 7) is 3.76. The predicted octanol–water partition coefficient (Wildman–Crippen LogP) is 2.19. The SMILES string of the molecule is COC[C@@H](C)NC(=O)/C(C#N)=C\c1ccc(F)c(C)c1. The zero-order valence-corrected chi connectivity index (χ0v) is 11.7. The van der Waals surface area contributed by atoms with Crippen LogP contribution in [0.5, 0.6) is 0 Å². The molecule has 0 heterocycles. The Labute approximate surface area is 117 Å². The van der Waals surface area contributed by atoms with Crippen LogP contribution in [0.15, 0.2) is 23.8 Å². The monoisotopic (exact) mass is 276 g/mol. The van der Waals surface area contributed by atoms with E-state index < -0.39 is 5.91 Å². The Morgan fingerprint density at radius 1 is 1.60 bits per heavy atom. The van der Waals surface area contributed by atoms with E-state index in [4.69, 9.17) is 10.00 Å². The number of hydrogen-bond acceptors (Lipinski definition) is 3. The van der Waals surface area contributed by atoms with Crippen molar-refractivity contribution in [3.63, 3.8) is 0 Å². The molecule has 1 rings (SSSR count). The fourth-order valence-electron chi connectivity index (χ4n) is 1.67. The Hall–Kier alpha value is -2.19. The number of nitrogens with zero attached hydrogens (tertiary/aromatic N) is 1. The number of rotatable bonds is 5. The molecule has 1 aromatic carbocycles. The van der Waals surface area contributed by atoms with Gasteiger partial charge in [0.2, 0.25) is 0 Å². The van der Waals surface area contributed by atoms with Gasteiger partial charge in [-0.3, -0.25) is 4.79 Å². The number of amides is 1. The molecule has 0 saturated carbocycles. The molecule has 0 bridgehead atoms. The maximum Gasteiger partial charge on any atom is 0.262 e. The van der Waals surface area contributed by atoms with Gasteiger partial charge in [-0.2, -0.15) is 5.26 Å². The second-order valence-electron chi connectivity index (χ2n) is 4.51. The van der Waals surface area contributed by atoms with Gasteiger partial charge in [0, 0.05) is 13.2 Å². The Morgan fingerprint density at radius 2 is 2.30 bits per heavy atom. The number of hydrogen-bond donors (Lipinski definition) is 1. The molecule has 0 unspecified atom stereocenters. The first-order chi connectivity index (χ1) is 9.47. The van der Waals surface area contributed by atoms with Crippen LogP contribution in [0.25, 0.3) is 6.08 Å². The fourth-order valence-corrected chi connectivity index (χ4v) is 1.67. The van der Waals surface area contributed by atoms with E-state index in [2.05, 4.69) is 5.32 Å². The van der Waals surface area contributed by atoms with Crippen LogP contribution in [0.4, 0.5) is 4.39 Å². The molecule has 0 fully saturated rings. The quantitative estimate of drug-likeness (QED) is 0.662. The number of carbonyl (C=O) groups is 1. The molecule has 0 aromatic heterocycles. The lowest BCUT2D eigenvalue weighted by atomic mass is 10.1. The van der Waals surface area contributed by atoms with Gasteiger partial charge in [-0.05, 0) is 43.2 Å². The second kappa shape index (κ2) is 7.41. The predicted molar refractivity (Wildman–Crippen MR) is 74.2 cm³/mol. The molecule has 0 radical (unpaired) electrons. The summed E-state index contributed by atoms with van der Waals surface area (Å²) in [5.74, 6) is -0.794. The van der Waals surface area contributed by atoms with E-state index >= 15 is 0 Å². The molecule has 4 nitrogen and oxygen atoms in total. The zero-order valence-electron chi connectivity index (χ0n) is 11.7. The van der Waals surface area contributed by atoms with Crippen molar-refractivity contribution in [2.75, 3.05) is 13.7 Å². The number of nitrogens with one attached hydrogen (secondary N) is 1. The molecule has 1 amide bonds. The molecule has 106 valence electrons. The van der Waals surface area contributed by atoms with Crippen molar-refractivity contribution in [3.8, 4) is 6.07 Å². The minimum Gasteiger partial charge on any atom is -0.383 e. The highest BCUT2D eigenvalue weighted by atomic mass is 19.1. The average molecular weight is 276 g/mol. The summed E-state index contributed by atoms with van der Waals surface area (Å²) >= 11 is 0. The maximum absolute atomic E-state index is 13.2. The van der Waals surface area contributed by atoms with Crippen molar-refractivity contribution in [1.82, 2.24) is 5.32 Å². The van der Waals surface area contributed by atoms with E-state index in [0.29, 0.717) is 17.7 Å². The molecule has 1 N–H and O–H groups in total. The Morgan fingerprint density at radius 3 is 2.85 bits per heavy atom. The van der Waals surface area contributed by atoms with E-state index in [1.165, 1.54) is 25.3 Å². The molecule has 20 heavy (non-hydrogen) atoms. The van der Waals surface area contributed by atoms with Crippen LogP contribution in [-0.4, -0.2) is 25.7 Å². The van der Waals surface area contributed by atoms with Crippen molar-refractivity contribution in [3.05, 3.63) is 40.7 Å². The largest absolute Gasteiger partial charge is 0.383 e. The van der Waals surface area contributed by atoms with Crippen LogP contribution >= 0.6 is 0 Å². The second-order valence-corrected chi connectivity index (χ2v) is 4.51. The molecular weight excluding hydrogens is 259 g/mol. The van der Waals surface area contributed by atoms with Crippen LogP contribution in [0.2, 0.25) is 0 Å². The minimum atomic E-state index is -0.473. The third-order valence-corrected chi connectivity index (χ3v) is 2.65. The van der Waals surface area contributed by atoms with Crippen molar-refractivity contribution in [2.24, 2.45) is 0 Å². The maximum atomic E-state index is 13.2. The Kier molecular flexibility index (Phi) is 5.88. The highest BCUT2D eigenvalue weighted by Gasteiger charge is 2.12. The molecule has 0 aliphatic rings. The van der Waals surface area contributed by atoms with E-state index in [1.54, 1.807) is 19.9 Å². The number of nitriles is 1. The molecule has 5 heteroatoms. The summed E-state index contributed by atoms with van der Waals surface area (Å²) in [4.78, 5) is 11.9. The normalized spacial score (nSPS) is 12.7. The number of aryl methyl sites for hydroxylation is 1. The van der Waals surface area contributed by atoms with Gasteiger partial charge >= 0.3 is 0 Å². The summed E-state index contributed by atoms with van der Waals surface area (Å²) in [6.07, 6.45) is 1.43. The Bertz CT molecular complexity index is 561. The van der Waals surface area contributed by atoms with Gasteiger partial charge in [0.1, 0.15) is 17.5 Å². The van der Waals surface area contributed by atoms with E-state index in [-0.39, 0.29) is 17.4 Å². The topological polar surface area (TPSA) is 62.1 Å². The minimum absolute atomic E-state index is 0.0287. The number of methoxy groups -OCH3 is 1. The standard InChI is InChI=1S/C15H17FN2O2/c1-10-6-12(4-5-14(10)16)7-13(8-17)15(19)18-11(2)9-20-3/h4-7,11H,9H2,1-3H3,(H,18,19)/b13-7-/t11-/m1/s1. The lowest BCUT2D eigenvalue weighted by molar-refractivity contribution is -0.117. The zero-order chi connectivity index (χ0) is 15.1. The first-order valence-corrected chi connectivity index (χ1v) is 6.15. The molecular formula is C15H17FN2O2. The van der Waals surface area contributed by atoms with E-state index in [0.717, 1.165) is 0 Å². The van der Waals surface area contributed by atoms with Crippen molar-refractivity contribution in [2.45, 2.75) is 19.9 Å². The van der Waals surface area contributed by atoms with Crippen molar-refractivity contribution >= 4 is 12.0 Å².